The highest BCUT2D eigenvalue weighted by molar-refractivity contribution is 6.37. The van der Waals surface area contributed by atoms with Crippen molar-refractivity contribution in [2.24, 2.45) is 0 Å². The Morgan fingerprint density at radius 1 is 0.234 bits per heavy atom. The Kier molecular flexibility index (Phi) is 8.18. The lowest BCUT2D eigenvalue weighted by molar-refractivity contribution is 1.07. The van der Waals surface area contributed by atoms with Gasteiger partial charge in [-0.1, -0.05) is 182 Å². The van der Waals surface area contributed by atoms with Crippen LogP contribution in [0.25, 0.3) is 132 Å². The summed E-state index contributed by atoms with van der Waals surface area (Å²) < 4.78 is 0. The molecule has 0 aliphatic carbocycles. The number of pyridine rings is 1. The van der Waals surface area contributed by atoms with Crippen LogP contribution in [0.2, 0.25) is 0 Å². The molecule has 296 valence electrons. The Hall–Kier alpha value is -8.60. The van der Waals surface area contributed by atoms with E-state index in [2.05, 4.69) is 163 Å². The first-order chi connectivity index (χ1) is 31.7. The first kappa shape index (κ1) is 36.1. The van der Waals surface area contributed by atoms with Gasteiger partial charge in [0.05, 0.1) is 0 Å². The fourth-order valence-electron chi connectivity index (χ4n) is 9.84. The highest BCUT2D eigenvalue weighted by Gasteiger charge is 2.17. The molecule has 13 aromatic rings. The van der Waals surface area contributed by atoms with Crippen LogP contribution >= 0.6 is 0 Å². The quantitative estimate of drug-likeness (QED) is 0.157. The zero-order chi connectivity index (χ0) is 42.1. The zero-order valence-corrected chi connectivity index (χ0v) is 34.6. The van der Waals surface area contributed by atoms with E-state index in [0.717, 1.165) is 38.9 Å². The highest BCUT2D eigenvalue weighted by Crippen LogP contribution is 2.44. The molecule has 0 amide bonds. The maximum Gasteiger partial charge on any atom is 0.164 e. The molecular weight excluding hydrogens is 777 g/mol. The molecular formula is C60H36N4. The van der Waals surface area contributed by atoms with Crippen LogP contribution in [0.15, 0.2) is 219 Å². The summed E-state index contributed by atoms with van der Waals surface area (Å²) in [6, 6.07) is 74.2. The van der Waals surface area contributed by atoms with Crippen molar-refractivity contribution in [3.8, 4) is 67.5 Å². The van der Waals surface area contributed by atoms with Crippen LogP contribution in [0.3, 0.4) is 0 Å². The van der Waals surface area contributed by atoms with Crippen LogP contribution in [-0.2, 0) is 0 Å². The standard InChI is InChI=1S/C60H36N4/c1-2-9-43(10-3-1)58-62-59(64-60(63-58)47-15-4-14-45(33-47)48-16-8-32-61-36-48)44-29-24-38(25-30-44)37-20-22-39(23-21-37)49-34-46-31-28-42-12-6-18-51-50-17-5-11-40-26-27-41-13-7-19-52(56(41)54(40)50)53(35-49)57(46)55(42)51/h1-36H. The summed E-state index contributed by atoms with van der Waals surface area (Å²) in [7, 11) is 0. The number of hydrogen-bond donors (Lipinski definition) is 0. The Labute approximate surface area is 369 Å². The second kappa shape index (κ2) is 14.5. The van der Waals surface area contributed by atoms with Gasteiger partial charge in [-0.25, -0.2) is 15.0 Å². The summed E-state index contributed by atoms with van der Waals surface area (Å²) in [5, 5.41) is 15.4. The second-order valence-electron chi connectivity index (χ2n) is 16.6. The van der Waals surface area contributed by atoms with Crippen molar-refractivity contribution >= 4 is 64.6 Å². The van der Waals surface area contributed by atoms with Gasteiger partial charge >= 0.3 is 0 Å². The van der Waals surface area contributed by atoms with Gasteiger partial charge in [-0.15, -0.1) is 0 Å². The van der Waals surface area contributed by atoms with Crippen LogP contribution in [0.1, 0.15) is 0 Å². The molecule has 0 bridgehead atoms. The van der Waals surface area contributed by atoms with Crippen LogP contribution in [0, 0.1) is 0 Å². The maximum absolute atomic E-state index is 5.05. The lowest BCUT2D eigenvalue weighted by Crippen LogP contribution is -2.00. The van der Waals surface area contributed by atoms with Crippen molar-refractivity contribution in [3.05, 3.63) is 219 Å². The first-order valence-electron chi connectivity index (χ1n) is 21.7. The van der Waals surface area contributed by atoms with Gasteiger partial charge < -0.3 is 0 Å². The minimum atomic E-state index is 0.621. The van der Waals surface area contributed by atoms with Gasteiger partial charge in [0.15, 0.2) is 17.5 Å². The van der Waals surface area contributed by atoms with Gasteiger partial charge in [0.2, 0.25) is 0 Å². The van der Waals surface area contributed by atoms with E-state index in [1.807, 2.05) is 54.7 Å². The van der Waals surface area contributed by atoms with E-state index >= 15 is 0 Å². The fourth-order valence-corrected chi connectivity index (χ4v) is 9.84. The van der Waals surface area contributed by atoms with E-state index in [0.29, 0.717) is 17.5 Å². The molecule has 0 saturated heterocycles. The minimum absolute atomic E-state index is 0.621. The number of nitrogens with zero attached hydrogens (tertiary/aromatic N) is 4. The van der Waals surface area contributed by atoms with Gasteiger partial charge in [0.1, 0.15) is 0 Å². The number of aromatic nitrogens is 4. The predicted molar refractivity (Wildman–Crippen MR) is 266 cm³/mol. The molecule has 0 aliphatic heterocycles. The number of hydrogen-bond acceptors (Lipinski definition) is 4. The largest absolute Gasteiger partial charge is 0.264 e. The number of fused-ring (bicyclic) bond motifs is 2. The third-order valence-corrected chi connectivity index (χ3v) is 12.9. The van der Waals surface area contributed by atoms with E-state index in [9.17, 15) is 0 Å². The molecule has 0 atom stereocenters. The maximum atomic E-state index is 5.05. The molecule has 0 N–H and O–H groups in total. The van der Waals surface area contributed by atoms with Crippen molar-refractivity contribution < 1.29 is 0 Å². The summed E-state index contributed by atoms with van der Waals surface area (Å²) in [6.07, 6.45) is 3.66. The summed E-state index contributed by atoms with van der Waals surface area (Å²) in [5.74, 6) is 1.88. The third-order valence-electron chi connectivity index (χ3n) is 12.9. The van der Waals surface area contributed by atoms with Crippen LogP contribution in [-0.4, -0.2) is 19.9 Å². The Morgan fingerprint density at radius 3 is 1.25 bits per heavy atom. The Balaban J connectivity index is 0.894. The van der Waals surface area contributed by atoms with Gasteiger partial charge in [-0.05, 0) is 117 Å². The fraction of sp³-hybridized carbons (Fsp3) is 0. The monoisotopic (exact) mass is 812 g/mol. The molecule has 0 aliphatic rings. The molecule has 2 aromatic heterocycles. The summed E-state index contributed by atoms with van der Waals surface area (Å²) in [4.78, 5) is 19.3. The Bertz CT molecular complexity index is 3910. The smallest absolute Gasteiger partial charge is 0.164 e. The van der Waals surface area contributed by atoms with Gasteiger partial charge in [-0.3, -0.25) is 4.98 Å². The van der Waals surface area contributed by atoms with E-state index < -0.39 is 0 Å². The van der Waals surface area contributed by atoms with Gasteiger partial charge in [-0.2, -0.15) is 0 Å². The molecule has 0 spiro atoms. The van der Waals surface area contributed by atoms with Gasteiger partial charge in [0.25, 0.3) is 0 Å². The second-order valence-corrected chi connectivity index (χ2v) is 16.6. The van der Waals surface area contributed by atoms with Crippen molar-refractivity contribution in [3.63, 3.8) is 0 Å². The zero-order valence-electron chi connectivity index (χ0n) is 34.6. The van der Waals surface area contributed by atoms with Gasteiger partial charge in [0, 0.05) is 34.6 Å². The number of benzene rings is 10. The van der Waals surface area contributed by atoms with Crippen LogP contribution in [0.5, 0.6) is 0 Å². The molecule has 4 heteroatoms. The molecule has 64 heavy (non-hydrogen) atoms. The van der Waals surface area contributed by atoms with Crippen molar-refractivity contribution in [1.29, 1.82) is 0 Å². The van der Waals surface area contributed by atoms with E-state index in [1.165, 1.54) is 75.8 Å². The first-order valence-corrected chi connectivity index (χ1v) is 21.7. The van der Waals surface area contributed by atoms with Crippen LogP contribution in [0.4, 0.5) is 0 Å². The lowest BCUT2D eigenvalue weighted by atomic mass is 9.86. The third kappa shape index (κ3) is 5.92. The van der Waals surface area contributed by atoms with Crippen LogP contribution < -0.4 is 0 Å². The predicted octanol–water partition coefficient (Wildman–Crippen LogP) is 15.6. The van der Waals surface area contributed by atoms with E-state index in [-0.39, 0.29) is 0 Å². The molecule has 11 aromatic carbocycles. The topological polar surface area (TPSA) is 51.6 Å². The molecule has 0 unspecified atom stereocenters. The molecule has 0 saturated carbocycles. The molecule has 0 fully saturated rings. The summed E-state index contributed by atoms with van der Waals surface area (Å²) in [5.41, 5.74) is 9.51. The summed E-state index contributed by atoms with van der Waals surface area (Å²) in [6.45, 7) is 0. The van der Waals surface area contributed by atoms with Crippen molar-refractivity contribution in [2.45, 2.75) is 0 Å². The van der Waals surface area contributed by atoms with E-state index in [4.69, 9.17) is 15.0 Å². The molecule has 2 heterocycles. The number of rotatable bonds is 6. The Morgan fingerprint density at radius 2 is 0.672 bits per heavy atom. The van der Waals surface area contributed by atoms with E-state index in [1.54, 1.807) is 6.20 Å². The summed E-state index contributed by atoms with van der Waals surface area (Å²) >= 11 is 0. The SMILES string of the molecule is c1ccc(-c2nc(-c3ccc(-c4ccc(-c5cc6ccc7cccc8c9cccc%10ccc%11cccc(c(c5)c6c78)c%11c%109)cc4)cc3)nc(-c3cccc(-c4cccnc4)c3)n2)cc1. The molecule has 13 rings (SSSR count). The molecule has 4 nitrogen and oxygen atoms in total. The lowest BCUT2D eigenvalue weighted by Gasteiger charge is -2.17. The van der Waals surface area contributed by atoms with Crippen molar-refractivity contribution in [1.82, 2.24) is 19.9 Å². The average molecular weight is 813 g/mol. The average Bonchev–Trinajstić information content (AvgIpc) is 3.37. The van der Waals surface area contributed by atoms with Crippen molar-refractivity contribution in [2.75, 3.05) is 0 Å². The normalized spacial score (nSPS) is 11.8. The minimum Gasteiger partial charge on any atom is -0.264 e. The molecule has 0 radical (unpaired) electrons. The highest BCUT2D eigenvalue weighted by atomic mass is 15.0.